The molecule has 1 aliphatic carbocycles. The fraction of sp³-hybridized carbons (Fsp3) is 0.588. The first-order valence-corrected chi connectivity index (χ1v) is 7.97. The molecule has 1 saturated carbocycles. The number of carbonyl (C=O) groups excluding carboxylic acids is 1. The third-order valence-electron chi connectivity index (χ3n) is 4.52. The van der Waals surface area contributed by atoms with Crippen molar-refractivity contribution < 1.29 is 9.53 Å². The lowest BCUT2D eigenvalue weighted by Gasteiger charge is -2.26. The molecular weight excluding hydrogens is 264 g/mol. The number of nitrogens with zero attached hydrogens (tertiary/aromatic N) is 1. The summed E-state index contributed by atoms with van der Waals surface area (Å²) in [6, 6.07) is 10.0. The predicted molar refractivity (Wildman–Crippen MR) is 82.0 cm³/mol. The molecule has 2 aliphatic rings. The van der Waals surface area contributed by atoms with Crippen LogP contribution in [0.15, 0.2) is 30.3 Å². The molecule has 4 nitrogen and oxygen atoms in total. The summed E-state index contributed by atoms with van der Waals surface area (Å²) in [4.78, 5) is 14.4. The zero-order chi connectivity index (χ0) is 14.7. The Morgan fingerprint density at radius 3 is 2.76 bits per heavy atom. The molecular formula is C17H24N2O2. The number of benzene rings is 1. The molecule has 0 radical (unpaired) electrons. The lowest BCUT2D eigenvalue weighted by Crippen LogP contribution is -2.42. The summed E-state index contributed by atoms with van der Waals surface area (Å²) in [6.07, 6.45) is 4.96. The number of carbonyl (C=O) groups is 1. The lowest BCUT2D eigenvalue weighted by atomic mass is 10.1. The Kier molecular flexibility index (Phi) is 4.44. The number of ether oxygens (including phenoxy) is 1. The first kappa shape index (κ1) is 14.4. The minimum Gasteiger partial charge on any atom is -0.491 e. The number of para-hydroxylation sites is 1. The first-order valence-electron chi connectivity index (χ1n) is 7.97. The van der Waals surface area contributed by atoms with Crippen molar-refractivity contribution in [3.63, 3.8) is 0 Å². The van der Waals surface area contributed by atoms with E-state index in [0.29, 0.717) is 18.9 Å². The van der Waals surface area contributed by atoms with Gasteiger partial charge in [0.1, 0.15) is 12.4 Å². The molecule has 0 spiro atoms. The van der Waals surface area contributed by atoms with Gasteiger partial charge in [0.2, 0.25) is 5.91 Å². The van der Waals surface area contributed by atoms with Gasteiger partial charge in [-0.2, -0.15) is 0 Å². The van der Waals surface area contributed by atoms with Crippen molar-refractivity contribution in [3.05, 3.63) is 30.3 Å². The second kappa shape index (κ2) is 6.48. The second-order valence-corrected chi connectivity index (χ2v) is 6.21. The molecule has 2 N–H and O–H groups in total. The normalized spacial score (nSPS) is 23.1. The molecule has 1 aliphatic heterocycles. The van der Waals surface area contributed by atoms with E-state index in [1.165, 1.54) is 12.8 Å². The van der Waals surface area contributed by atoms with Gasteiger partial charge < -0.3 is 15.4 Å². The Hall–Kier alpha value is -1.55. The highest BCUT2D eigenvalue weighted by molar-refractivity contribution is 5.77. The highest BCUT2D eigenvalue weighted by atomic mass is 16.5. The Labute approximate surface area is 126 Å². The predicted octanol–water partition coefficient (Wildman–Crippen LogP) is 2.18. The van der Waals surface area contributed by atoms with Gasteiger partial charge in [-0.15, -0.1) is 0 Å². The number of amides is 1. The maximum absolute atomic E-state index is 12.4. The zero-order valence-electron chi connectivity index (χ0n) is 12.4. The molecule has 1 aromatic rings. The molecule has 4 heteroatoms. The topological polar surface area (TPSA) is 55.6 Å². The van der Waals surface area contributed by atoms with Gasteiger partial charge in [0, 0.05) is 19.0 Å². The molecule has 1 amide bonds. The van der Waals surface area contributed by atoms with E-state index >= 15 is 0 Å². The second-order valence-electron chi connectivity index (χ2n) is 6.21. The van der Waals surface area contributed by atoms with Gasteiger partial charge in [-0.05, 0) is 43.7 Å². The molecule has 0 aromatic heterocycles. The average Bonchev–Trinajstić information content (AvgIpc) is 3.25. The minimum absolute atomic E-state index is 0.0498. The molecule has 0 bridgehead atoms. The SMILES string of the molecule is NC(CC(=O)N1CCCC1COc1ccccc1)C1CC1. The van der Waals surface area contributed by atoms with Crippen molar-refractivity contribution in [2.75, 3.05) is 13.2 Å². The lowest BCUT2D eigenvalue weighted by molar-refractivity contribution is -0.133. The quantitative estimate of drug-likeness (QED) is 0.873. The Balaban J connectivity index is 1.51. The van der Waals surface area contributed by atoms with Crippen LogP contribution >= 0.6 is 0 Å². The van der Waals surface area contributed by atoms with Crippen LogP contribution in [0.1, 0.15) is 32.1 Å². The van der Waals surface area contributed by atoms with Crippen LogP contribution in [0.25, 0.3) is 0 Å². The minimum atomic E-state index is 0.0498. The van der Waals surface area contributed by atoms with Crippen molar-refractivity contribution in [3.8, 4) is 5.75 Å². The van der Waals surface area contributed by atoms with Crippen LogP contribution in [-0.4, -0.2) is 36.0 Å². The molecule has 1 heterocycles. The number of hydrogen-bond donors (Lipinski definition) is 1. The van der Waals surface area contributed by atoms with Crippen molar-refractivity contribution in [2.45, 2.75) is 44.2 Å². The van der Waals surface area contributed by atoms with Gasteiger partial charge in [-0.1, -0.05) is 18.2 Å². The van der Waals surface area contributed by atoms with Crippen LogP contribution in [0, 0.1) is 5.92 Å². The van der Waals surface area contributed by atoms with E-state index in [4.69, 9.17) is 10.5 Å². The summed E-state index contributed by atoms with van der Waals surface area (Å²) in [6.45, 7) is 1.42. The fourth-order valence-corrected chi connectivity index (χ4v) is 3.06. The number of likely N-dealkylation sites (tertiary alicyclic amines) is 1. The van der Waals surface area contributed by atoms with Gasteiger partial charge in [0.15, 0.2) is 0 Å². The molecule has 3 rings (SSSR count). The molecule has 2 atom stereocenters. The molecule has 21 heavy (non-hydrogen) atoms. The molecule has 2 fully saturated rings. The van der Waals surface area contributed by atoms with Crippen LogP contribution in [-0.2, 0) is 4.79 Å². The zero-order valence-corrected chi connectivity index (χ0v) is 12.4. The van der Waals surface area contributed by atoms with E-state index in [9.17, 15) is 4.79 Å². The van der Waals surface area contributed by atoms with E-state index in [-0.39, 0.29) is 18.0 Å². The van der Waals surface area contributed by atoms with E-state index < -0.39 is 0 Å². The Bertz CT molecular complexity index is 473. The monoisotopic (exact) mass is 288 g/mol. The first-order chi connectivity index (χ1) is 10.2. The van der Waals surface area contributed by atoms with E-state index in [1.54, 1.807) is 0 Å². The molecule has 1 aromatic carbocycles. The van der Waals surface area contributed by atoms with E-state index in [0.717, 1.165) is 25.1 Å². The van der Waals surface area contributed by atoms with Crippen molar-refractivity contribution in [2.24, 2.45) is 11.7 Å². The van der Waals surface area contributed by atoms with Gasteiger partial charge in [0.05, 0.1) is 6.04 Å². The van der Waals surface area contributed by atoms with Gasteiger partial charge >= 0.3 is 0 Å². The summed E-state index contributed by atoms with van der Waals surface area (Å²) in [7, 11) is 0. The third-order valence-corrected chi connectivity index (χ3v) is 4.52. The summed E-state index contributed by atoms with van der Waals surface area (Å²) in [5, 5.41) is 0. The summed E-state index contributed by atoms with van der Waals surface area (Å²) < 4.78 is 5.81. The highest BCUT2D eigenvalue weighted by Crippen LogP contribution is 2.33. The highest BCUT2D eigenvalue weighted by Gasteiger charge is 2.34. The standard InChI is InChI=1S/C17H24N2O2/c18-16(13-8-9-13)11-17(20)19-10-4-5-14(19)12-21-15-6-2-1-3-7-15/h1-3,6-7,13-14,16H,4-5,8-12,18H2. The average molecular weight is 288 g/mol. The van der Waals surface area contributed by atoms with E-state index in [1.807, 2.05) is 35.2 Å². The Morgan fingerprint density at radius 1 is 1.29 bits per heavy atom. The van der Waals surface area contributed by atoms with Crippen molar-refractivity contribution in [1.29, 1.82) is 0 Å². The van der Waals surface area contributed by atoms with Crippen LogP contribution < -0.4 is 10.5 Å². The van der Waals surface area contributed by atoms with E-state index in [2.05, 4.69) is 0 Å². The summed E-state index contributed by atoms with van der Waals surface area (Å²) >= 11 is 0. The van der Waals surface area contributed by atoms with Crippen LogP contribution in [0.2, 0.25) is 0 Å². The smallest absolute Gasteiger partial charge is 0.224 e. The van der Waals surface area contributed by atoms with Gasteiger partial charge in [-0.25, -0.2) is 0 Å². The number of rotatable bonds is 6. The maximum Gasteiger partial charge on any atom is 0.224 e. The summed E-state index contributed by atoms with van der Waals surface area (Å²) in [5.74, 6) is 1.65. The number of nitrogens with two attached hydrogens (primary N) is 1. The van der Waals surface area contributed by atoms with Crippen LogP contribution in [0.5, 0.6) is 5.75 Å². The van der Waals surface area contributed by atoms with Crippen LogP contribution in [0.3, 0.4) is 0 Å². The Morgan fingerprint density at radius 2 is 2.05 bits per heavy atom. The molecule has 1 saturated heterocycles. The third kappa shape index (κ3) is 3.76. The number of hydrogen-bond acceptors (Lipinski definition) is 3. The largest absolute Gasteiger partial charge is 0.491 e. The van der Waals surface area contributed by atoms with Gasteiger partial charge in [0.25, 0.3) is 0 Å². The van der Waals surface area contributed by atoms with Crippen LogP contribution in [0.4, 0.5) is 0 Å². The summed E-state index contributed by atoms with van der Waals surface area (Å²) in [5.41, 5.74) is 6.08. The molecule has 2 unspecified atom stereocenters. The molecule has 114 valence electrons. The van der Waals surface area contributed by atoms with Crippen molar-refractivity contribution >= 4 is 5.91 Å². The van der Waals surface area contributed by atoms with Gasteiger partial charge in [-0.3, -0.25) is 4.79 Å². The van der Waals surface area contributed by atoms with Crippen molar-refractivity contribution in [1.82, 2.24) is 4.90 Å². The maximum atomic E-state index is 12.4. The fourth-order valence-electron chi connectivity index (χ4n) is 3.06.